The number of rotatable bonds is 7. The van der Waals surface area contributed by atoms with Crippen LogP contribution in [0.2, 0.25) is 0 Å². The van der Waals surface area contributed by atoms with Gasteiger partial charge in [-0.1, -0.05) is 60.7 Å². The Morgan fingerprint density at radius 1 is 0.963 bits per heavy atom. The number of hydrogen-bond acceptors (Lipinski definition) is 3. The Balaban J connectivity index is 1.46. The largest absolute Gasteiger partial charge is 0.483 e. The number of amides is 2. The fourth-order valence-electron chi connectivity index (χ4n) is 3.08. The van der Waals surface area contributed by atoms with E-state index in [9.17, 15) is 9.59 Å². The number of benzene rings is 2. The van der Waals surface area contributed by atoms with Gasteiger partial charge >= 0.3 is 0 Å². The van der Waals surface area contributed by atoms with Gasteiger partial charge in [-0.15, -0.1) is 0 Å². The lowest BCUT2D eigenvalue weighted by Crippen LogP contribution is -2.44. The third-order valence-corrected chi connectivity index (χ3v) is 4.47. The summed E-state index contributed by atoms with van der Waals surface area (Å²) in [6, 6.07) is 17.7. The van der Waals surface area contributed by atoms with Gasteiger partial charge in [-0.05, 0) is 36.0 Å². The number of para-hydroxylation sites is 1. The van der Waals surface area contributed by atoms with Crippen LogP contribution < -0.4 is 15.6 Å². The molecule has 0 saturated heterocycles. The Labute approximate surface area is 159 Å². The summed E-state index contributed by atoms with van der Waals surface area (Å²) < 4.78 is 5.66. The highest BCUT2D eigenvalue weighted by atomic mass is 16.5. The summed E-state index contributed by atoms with van der Waals surface area (Å²) in [6.07, 6.45) is 7.25. The molecule has 1 aliphatic carbocycles. The van der Waals surface area contributed by atoms with Crippen LogP contribution >= 0.6 is 0 Å². The highest BCUT2D eigenvalue weighted by molar-refractivity contribution is 5.83. The van der Waals surface area contributed by atoms with Crippen molar-refractivity contribution < 1.29 is 14.3 Å². The molecule has 0 spiro atoms. The van der Waals surface area contributed by atoms with Crippen LogP contribution in [0.3, 0.4) is 0 Å². The van der Waals surface area contributed by atoms with E-state index < -0.39 is 0 Å². The van der Waals surface area contributed by atoms with Gasteiger partial charge in [0.1, 0.15) is 5.75 Å². The average Bonchev–Trinajstić information content (AvgIpc) is 3.19. The molecule has 0 radical (unpaired) electrons. The van der Waals surface area contributed by atoms with Crippen LogP contribution in [-0.2, 0) is 16.0 Å². The lowest BCUT2D eigenvalue weighted by atomic mass is 10.0. The molecule has 5 nitrogen and oxygen atoms in total. The van der Waals surface area contributed by atoms with Crippen LogP contribution in [0.15, 0.2) is 66.7 Å². The minimum atomic E-state index is -0.389. The Morgan fingerprint density at radius 3 is 2.48 bits per heavy atom. The van der Waals surface area contributed by atoms with Crippen molar-refractivity contribution in [2.75, 3.05) is 6.61 Å². The molecule has 0 unspecified atom stereocenters. The summed E-state index contributed by atoms with van der Waals surface area (Å²) in [4.78, 5) is 23.8. The van der Waals surface area contributed by atoms with Crippen molar-refractivity contribution in [2.24, 2.45) is 5.92 Å². The van der Waals surface area contributed by atoms with E-state index in [1.54, 1.807) is 0 Å². The molecule has 3 rings (SSSR count). The van der Waals surface area contributed by atoms with E-state index in [0.717, 1.165) is 24.8 Å². The number of hydrogen-bond donors (Lipinski definition) is 2. The van der Waals surface area contributed by atoms with Gasteiger partial charge in [-0.3, -0.25) is 20.4 Å². The number of ether oxygens (including phenoxy) is 1. The van der Waals surface area contributed by atoms with E-state index in [2.05, 4.69) is 29.1 Å². The van der Waals surface area contributed by atoms with Crippen molar-refractivity contribution in [1.82, 2.24) is 10.9 Å². The lowest BCUT2D eigenvalue weighted by molar-refractivity contribution is -0.130. The summed E-state index contributed by atoms with van der Waals surface area (Å²) in [6.45, 7) is -0.157. The molecule has 0 aliphatic heterocycles. The molecule has 1 atom stereocenters. The van der Waals surface area contributed by atoms with Gasteiger partial charge in [0.15, 0.2) is 6.61 Å². The van der Waals surface area contributed by atoms with E-state index in [4.69, 9.17) is 4.74 Å². The minimum absolute atomic E-state index is 0.157. The number of nitrogens with one attached hydrogen (secondary N) is 2. The summed E-state index contributed by atoms with van der Waals surface area (Å²) in [5.41, 5.74) is 7.04. The molecule has 0 aromatic heterocycles. The molecule has 5 heteroatoms. The summed E-state index contributed by atoms with van der Waals surface area (Å²) >= 11 is 0. The van der Waals surface area contributed by atoms with Gasteiger partial charge in [-0.2, -0.15) is 0 Å². The summed E-state index contributed by atoms with van der Waals surface area (Å²) in [7, 11) is 0. The molecule has 0 heterocycles. The second-order valence-electron chi connectivity index (χ2n) is 6.62. The van der Waals surface area contributed by atoms with Crippen LogP contribution in [0.1, 0.15) is 30.4 Å². The number of allylic oxidation sites excluding steroid dienone is 2. The normalized spacial score (nSPS) is 15.3. The zero-order valence-corrected chi connectivity index (χ0v) is 15.2. The first-order valence-electron chi connectivity index (χ1n) is 9.19. The molecule has 2 aromatic rings. The predicted octanol–water partition coefficient (Wildman–Crippen LogP) is 3.16. The van der Waals surface area contributed by atoms with Gasteiger partial charge < -0.3 is 4.74 Å². The highest BCUT2D eigenvalue weighted by Crippen LogP contribution is 2.21. The topological polar surface area (TPSA) is 67.4 Å². The number of hydrazine groups is 1. The first-order valence-corrected chi connectivity index (χ1v) is 9.19. The monoisotopic (exact) mass is 364 g/mol. The van der Waals surface area contributed by atoms with Gasteiger partial charge in [0.25, 0.3) is 5.91 Å². The maximum Gasteiger partial charge on any atom is 0.276 e. The molecule has 2 N–H and O–H groups in total. The van der Waals surface area contributed by atoms with Crippen LogP contribution in [-0.4, -0.2) is 18.4 Å². The summed E-state index contributed by atoms with van der Waals surface area (Å²) in [5.74, 6) is 0.353. The van der Waals surface area contributed by atoms with Crippen molar-refractivity contribution in [3.8, 4) is 5.75 Å². The maximum atomic E-state index is 12.0. The van der Waals surface area contributed by atoms with E-state index in [0.29, 0.717) is 12.2 Å². The lowest BCUT2D eigenvalue weighted by Gasteiger charge is -2.13. The van der Waals surface area contributed by atoms with Gasteiger partial charge in [-0.25, -0.2) is 0 Å². The van der Waals surface area contributed by atoms with Gasteiger partial charge in [0, 0.05) is 12.8 Å². The second-order valence-corrected chi connectivity index (χ2v) is 6.62. The molecule has 2 aromatic carbocycles. The molecule has 1 aliphatic rings. The fraction of sp³-hybridized carbons (Fsp3) is 0.273. The standard InChI is InChI=1S/C22H24N2O3/c25-21(15-18-10-4-5-11-18)23-24-22(26)16-27-20-13-7-6-12-19(20)14-17-8-2-1-3-9-17/h1-4,6-10,12-13,18H,5,11,14-16H2,(H,23,25)(H,24,26)/t18-/m1/s1. The van der Waals surface area contributed by atoms with Crippen molar-refractivity contribution in [3.63, 3.8) is 0 Å². The van der Waals surface area contributed by atoms with Crippen LogP contribution in [0.4, 0.5) is 0 Å². The smallest absolute Gasteiger partial charge is 0.276 e. The predicted molar refractivity (Wildman–Crippen MR) is 104 cm³/mol. The first kappa shape index (κ1) is 18.7. The van der Waals surface area contributed by atoms with E-state index in [1.165, 1.54) is 5.56 Å². The second kappa shape index (κ2) is 9.57. The molecule has 0 saturated carbocycles. The number of carbonyl (C=O) groups excluding carboxylic acids is 2. The van der Waals surface area contributed by atoms with E-state index >= 15 is 0 Å². The Bertz CT molecular complexity index is 802. The number of carbonyl (C=O) groups is 2. The van der Waals surface area contributed by atoms with Crippen LogP contribution in [0, 0.1) is 5.92 Å². The Morgan fingerprint density at radius 2 is 1.70 bits per heavy atom. The van der Waals surface area contributed by atoms with Gasteiger partial charge in [0.2, 0.25) is 5.91 Å². The fourth-order valence-corrected chi connectivity index (χ4v) is 3.08. The quantitative estimate of drug-likeness (QED) is 0.586. The molecular weight excluding hydrogens is 340 g/mol. The molecule has 0 bridgehead atoms. The Kier molecular flexibility index (Phi) is 6.63. The SMILES string of the molecule is O=C(COc1ccccc1Cc1ccccc1)NNC(=O)C[C@@H]1C=CCC1. The zero-order chi connectivity index (χ0) is 18.9. The van der Waals surface area contributed by atoms with Crippen molar-refractivity contribution in [1.29, 1.82) is 0 Å². The molecule has 140 valence electrons. The highest BCUT2D eigenvalue weighted by Gasteiger charge is 2.14. The van der Waals surface area contributed by atoms with E-state index in [-0.39, 0.29) is 24.3 Å². The first-order chi connectivity index (χ1) is 13.2. The minimum Gasteiger partial charge on any atom is -0.483 e. The molecular formula is C22H24N2O3. The van der Waals surface area contributed by atoms with Crippen LogP contribution in [0.25, 0.3) is 0 Å². The third-order valence-electron chi connectivity index (χ3n) is 4.47. The molecule has 0 fully saturated rings. The Hall–Kier alpha value is -3.08. The van der Waals surface area contributed by atoms with E-state index in [1.807, 2.05) is 48.5 Å². The van der Waals surface area contributed by atoms with Gasteiger partial charge in [0.05, 0.1) is 0 Å². The third kappa shape index (κ3) is 5.99. The van der Waals surface area contributed by atoms with Crippen molar-refractivity contribution in [2.45, 2.75) is 25.7 Å². The maximum absolute atomic E-state index is 12.0. The summed E-state index contributed by atoms with van der Waals surface area (Å²) in [5, 5.41) is 0. The zero-order valence-electron chi connectivity index (χ0n) is 15.2. The molecule has 27 heavy (non-hydrogen) atoms. The van der Waals surface area contributed by atoms with Crippen LogP contribution in [0.5, 0.6) is 5.75 Å². The van der Waals surface area contributed by atoms with Crippen molar-refractivity contribution in [3.05, 3.63) is 77.9 Å². The molecule has 2 amide bonds. The average molecular weight is 364 g/mol. The van der Waals surface area contributed by atoms with Crippen molar-refractivity contribution >= 4 is 11.8 Å².